The minimum Gasteiger partial charge on any atom is -0.346 e. The fourth-order valence-electron chi connectivity index (χ4n) is 2.18. The standard InChI is InChI=1S/C17H16BrN5O2S2/c1-23-16(13-7-4-8-26-13)21-22-17(23)27-10-15(25)19-9-14(24)20-12-6-3-2-5-11(12)18/h2-8H,9-10H2,1H3,(H,19,25)(H,20,24). The van der Waals surface area contributed by atoms with Crippen molar-refractivity contribution in [2.75, 3.05) is 17.6 Å². The molecule has 0 saturated carbocycles. The van der Waals surface area contributed by atoms with E-state index in [0.29, 0.717) is 10.8 Å². The summed E-state index contributed by atoms with van der Waals surface area (Å²) >= 11 is 6.21. The van der Waals surface area contributed by atoms with Crippen molar-refractivity contribution in [3.05, 3.63) is 46.3 Å². The molecule has 0 bridgehead atoms. The summed E-state index contributed by atoms with van der Waals surface area (Å²) in [6.45, 7) is -0.0972. The number of hydrogen-bond donors (Lipinski definition) is 2. The lowest BCUT2D eigenvalue weighted by Gasteiger charge is -2.08. The Balaban J connectivity index is 1.46. The number of nitrogens with one attached hydrogen (secondary N) is 2. The number of aromatic nitrogens is 3. The summed E-state index contributed by atoms with van der Waals surface area (Å²) in [4.78, 5) is 25.0. The van der Waals surface area contributed by atoms with E-state index in [4.69, 9.17) is 0 Å². The van der Waals surface area contributed by atoms with Crippen LogP contribution in [0.5, 0.6) is 0 Å². The van der Waals surface area contributed by atoms with Crippen molar-refractivity contribution < 1.29 is 9.59 Å². The number of amides is 2. The number of halogens is 1. The number of hydrogen-bond acceptors (Lipinski definition) is 6. The average molecular weight is 466 g/mol. The van der Waals surface area contributed by atoms with Gasteiger partial charge in [0.2, 0.25) is 11.8 Å². The first-order chi connectivity index (χ1) is 13.0. The average Bonchev–Trinajstić information content (AvgIpc) is 3.30. The van der Waals surface area contributed by atoms with Gasteiger partial charge in [0.05, 0.1) is 22.9 Å². The molecule has 2 aromatic heterocycles. The molecule has 3 aromatic rings. The topological polar surface area (TPSA) is 88.9 Å². The molecule has 27 heavy (non-hydrogen) atoms. The second-order valence-corrected chi connectivity index (χ2v) is 8.18. The molecular formula is C17H16BrN5O2S2. The first-order valence-electron chi connectivity index (χ1n) is 7.91. The number of thiophene rings is 1. The van der Waals surface area contributed by atoms with E-state index in [9.17, 15) is 9.59 Å². The Morgan fingerprint density at radius 2 is 2.00 bits per heavy atom. The second kappa shape index (κ2) is 9.16. The van der Waals surface area contributed by atoms with Crippen LogP contribution < -0.4 is 10.6 Å². The molecule has 0 aliphatic carbocycles. The van der Waals surface area contributed by atoms with Crippen molar-refractivity contribution in [3.8, 4) is 10.7 Å². The van der Waals surface area contributed by atoms with E-state index in [2.05, 4.69) is 36.8 Å². The summed E-state index contributed by atoms with van der Waals surface area (Å²) in [6, 6.07) is 11.2. The van der Waals surface area contributed by atoms with E-state index in [0.717, 1.165) is 15.2 Å². The summed E-state index contributed by atoms with van der Waals surface area (Å²) in [5.74, 6) is 0.376. The maximum atomic E-state index is 12.0. The summed E-state index contributed by atoms with van der Waals surface area (Å²) in [7, 11) is 1.86. The molecule has 0 atom stereocenters. The molecule has 2 amide bonds. The van der Waals surface area contributed by atoms with Gasteiger partial charge >= 0.3 is 0 Å². The van der Waals surface area contributed by atoms with Gasteiger partial charge in [-0.25, -0.2) is 0 Å². The number of para-hydroxylation sites is 1. The first-order valence-corrected chi connectivity index (χ1v) is 10.6. The van der Waals surface area contributed by atoms with Crippen molar-refractivity contribution in [2.45, 2.75) is 5.16 Å². The van der Waals surface area contributed by atoms with Gasteiger partial charge in [-0.3, -0.25) is 9.59 Å². The molecule has 140 valence electrons. The number of benzene rings is 1. The summed E-state index contributed by atoms with van der Waals surface area (Å²) < 4.78 is 2.63. The summed E-state index contributed by atoms with van der Waals surface area (Å²) in [5, 5.41) is 16.2. The monoisotopic (exact) mass is 465 g/mol. The van der Waals surface area contributed by atoms with Crippen LogP contribution in [0.3, 0.4) is 0 Å². The van der Waals surface area contributed by atoms with E-state index >= 15 is 0 Å². The second-order valence-electron chi connectivity index (χ2n) is 5.44. The Bertz CT molecular complexity index is 943. The molecule has 7 nitrogen and oxygen atoms in total. The Morgan fingerprint density at radius 3 is 2.74 bits per heavy atom. The van der Waals surface area contributed by atoms with Crippen molar-refractivity contribution >= 4 is 56.5 Å². The fourth-order valence-corrected chi connectivity index (χ4v) is 4.05. The van der Waals surface area contributed by atoms with E-state index < -0.39 is 0 Å². The molecule has 0 unspecified atom stereocenters. The van der Waals surface area contributed by atoms with E-state index in [1.807, 2.05) is 47.3 Å². The van der Waals surface area contributed by atoms with Crippen LogP contribution >= 0.6 is 39.0 Å². The molecule has 0 aliphatic rings. The van der Waals surface area contributed by atoms with Crippen LogP contribution in [0.2, 0.25) is 0 Å². The van der Waals surface area contributed by atoms with Gasteiger partial charge in [-0.1, -0.05) is 30.0 Å². The molecule has 3 rings (SSSR count). The third-order valence-corrected chi connectivity index (χ3v) is 6.08. The predicted octanol–water partition coefficient (Wildman–Crippen LogP) is 3.15. The number of carbonyl (C=O) groups is 2. The molecule has 0 radical (unpaired) electrons. The first kappa shape index (κ1) is 19.6. The summed E-state index contributed by atoms with van der Waals surface area (Å²) in [5.41, 5.74) is 0.659. The van der Waals surface area contributed by atoms with Crippen LogP contribution in [-0.2, 0) is 16.6 Å². The lowest BCUT2D eigenvalue weighted by Crippen LogP contribution is -2.34. The highest BCUT2D eigenvalue weighted by atomic mass is 79.9. The van der Waals surface area contributed by atoms with Gasteiger partial charge in [0, 0.05) is 11.5 Å². The Hall–Kier alpha value is -2.17. The molecule has 0 aliphatic heterocycles. The lowest BCUT2D eigenvalue weighted by molar-refractivity contribution is -0.122. The smallest absolute Gasteiger partial charge is 0.243 e. The zero-order valence-corrected chi connectivity index (χ0v) is 17.5. The van der Waals surface area contributed by atoms with Crippen LogP contribution in [0, 0.1) is 0 Å². The fraction of sp³-hybridized carbons (Fsp3) is 0.176. The normalized spacial score (nSPS) is 10.6. The third kappa shape index (κ3) is 5.18. The van der Waals surface area contributed by atoms with Crippen molar-refractivity contribution in [2.24, 2.45) is 7.05 Å². The van der Waals surface area contributed by atoms with Gasteiger partial charge in [0.1, 0.15) is 0 Å². The van der Waals surface area contributed by atoms with Gasteiger partial charge < -0.3 is 15.2 Å². The minimum atomic E-state index is -0.293. The maximum Gasteiger partial charge on any atom is 0.243 e. The van der Waals surface area contributed by atoms with E-state index in [1.165, 1.54) is 11.8 Å². The Labute approximate surface area is 172 Å². The van der Waals surface area contributed by atoms with Crippen LogP contribution in [0.15, 0.2) is 51.4 Å². The van der Waals surface area contributed by atoms with Crippen LogP contribution in [0.25, 0.3) is 10.7 Å². The molecule has 1 aromatic carbocycles. The number of nitrogens with zero attached hydrogens (tertiary/aromatic N) is 3. The molecular weight excluding hydrogens is 450 g/mol. The van der Waals surface area contributed by atoms with Crippen LogP contribution in [0.1, 0.15) is 0 Å². The van der Waals surface area contributed by atoms with Gasteiger partial charge in [-0.05, 0) is 39.5 Å². The number of carbonyl (C=O) groups excluding carboxylic acids is 2. The van der Waals surface area contributed by atoms with Gasteiger partial charge in [0.25, 0.3) is 0 Å². The largest absolute Gasteiger partial charge is 0.346 e. The predicted molar refractivity (Wildman–Crippen MR) is 111 cm³/mol. The zero-order chi connectivity index (χ0) is 19.2. The number of rotatable bonds is 7. The number of thioether (sulfide) groups is 1. The quantitative estimate of drug-likeness (QED) is 0.523. The molecule has 2 heterocycles. The number of anilines is 1. The SMILES string of the molecule is Cn1c(SCC(=O)NCC(=O)Nc2ccccc2Br)nnc1-c1cccs1. The highest BCUT2D eigenvalue weighted by Crippen LogP contribution is 2.25. The highest BCUT2D eigenvalue weighted by Gasteiger charge is 2.14. The van der Waals surface area contributed by atoms with E-state index in [1.54, 1.807) is 17.4 Å². The van der Waals surface area contributed by atoms with Crippen LogP contribution in [-0.4, -0.2) is 38.9 Å². The van der Waals surface area contributed by atoms with Gasteiger partial charge in [-0.15, -0.1) is 21.5 Å². The van der Waals surface area contributed by atoms with Gasteiger partial charge in [-0.2, -0.15) is 0 Å². The van der Waals surface area contributed by atoms with Crippen molar-refractivity contribution in [1.29, 1.82) is 0 Å². The summed E-state index contributed by atoms with van der Waals surface area (Å²) in [6.07, 6.45) is 0. The Kier molecular flexibility index (Phi) is 6.64. The van der Waals surface area contributed by atoms with Crippen molar-refractivity contribution in [3.63, 3.8) is 0 Å². The van der Waals surface area contributed by atoms with Crippen molar-refractivity contribution in [1.82, 2.24) is 20.1 Å². The third-order valence-electron chi connectivity index (χ3n) is 3.50. The molecule has 0 saturated heterocycles. The minimum absolute atomic E-state index is 0.0972. The molecule has 0 spiro atoms. The molecule has 10 heteroatoms. The zero-order valence-electron chi connectivity index (χ0n) is 14.3. The molecule has 2 N–H and O–H groups in total. The Morgan fingerprint density at radius 1 is 1.19 bits per heavy atom. The maximum absolute atomic E-state index is 12.0. The van der Waals surface area contributed by atoms with E-state index in [-0.39, 0.29) is 24.1 Å². The van der Waals surface area contributed by atoms with Crippen LogP contribution in [0.4, 0.5) is 5.69 Å². The molecule has 0 fully saturated rings. The van der Waals surface area contributed by atoms with Gasteiger partial charge in [0.15, 0.2) is 11.0 Å². The lowest BCUT2D eigenvalue weighted by atomic mass is 10.3. The highest BCUT2D eigenvalue weighted by molar-refractivity contribution is 9.10.